The number of hydrogen-bond donors (Lipinski definition) is 2. The maximum atomic E-state index is 13.8. The molecule has 180 valence electrons. The fourth-order valence-electron chi connectivity index (χ4n) is 2.98. The van der Waals surface area contributed by atoms with E-state index in [1.807, 2.05) is 0 Å². The van der Waals surface area contributed by atoms with Gasteiger partial charge in [0.1, 0.15) is 5.82 Å². The molecule has 1 amide bonds. The van der Waals surface area contributed by atoms with Gasteiger partial charge in [-0.3, -0.25) is 10.1 Å². The Kier molecular flexibility index (Phi) is 7.74. The molecule has 0 fully saturated rings. The molecule has 0 saturated carbocycles. The molecular weight excluding hydrogens is 521 g/mol. The highest BCUT2D eigenvalue weighted by atomic mass is 35.5. The first-order valence-electron chi connectivity index (χ1n) is 9.61. The van der Waals surface area contributed by atoms with Crippen LogP contribution in [-0.2, 0) is 12.7 Å². The van der Waals surface area contributed by atoms with Gasteiger partial charge < -0.3 is 5.32 Å². The van der Waals surface area contributed by atoms with E-state index >= 15 is 0 Å². The molecule has 0 aliphatic rings. The molecule has 0 radical (unpaired) electrons. The van der Waals surface area contributed by atoms with Gasteiger partial charge in [-0.2, -0.15) is 23.3 Å². The van der Waals surface area contributed by atoms with Crippen LogP contribution in [0.4, 0.5) is 29.1 Å². The van der Waals surface area contributed by atoms with E-state index < -0.39 is 23.6 Å². The predicted molar refractivity (Wildman–Crippen MR) is 124 cm³/mol. The second-order valence-electron chi connectivity index (χ2n) is 6.93. The number of benzene rings is 2. The van der Waals surface area contributed by atoms with Crippen LogP contribution in [-0.4, -0.2) is 21.6 Å². The molecule has 13 heteroatoms. The van der Waals surface area contributed by atoms with Crippen molar-refractivity contribution in [2.45, 2.75) is 26.6 Å². The van der Waals surface area contributed by atoms with Gasteiger partial charge in [0, 0.05) is 27.8 Å². The number of aromatic nitrogens is 2. The van der Waals surface area contributed by atoms with Gasteiger partial charge in [-0.1, -0.05) is 34.8 Å². The molecule has 0 saturated heterocycles. The number of aryl methyl sites for hydroxylation is 1. The van der Waals surface area contributed by atoms with Gasteiger partial charge in [0.15, 0.2) is 11.5 Å². The number of guanidine groups is 1. The van der Waals surface area contributed by atoms with Gasteiger partial charge in [0.05, 0.1) is 10.6 Å². The third-order valence-corrected chi connectivity index (χ3v) is 5.24. The van der Waals surface area contributed by atoms with E-state index in [4.69, 9.17) is 34.8 Å². The number of amides is 1. The third-order valence-electron chi connectivity index (χ3n) is 4.47. The zero-order valence-corrected chi connectivity index (χ0v) is 19.8. The Hall–Kier alpha value is -2.82. The van der Waals surface area contributed by atoms with Crippen LogP contribution in [0.3, 0.4) is 0 Å². The maximum absolute atomic E-state index is 13.8. The van der Waals surface area contributed by atoms with Crippen molar-refractivity contribution in [3.63, 3.8) is 0 Å². The Morgan fingerprint density at radius 3 is 2.41 bits per heavy atom. The molecule has 2 aromatic carbocycles. The highest BCUT2D eigenvalue weighted by molar-refractivity contribution is 6.37. The summed E-state index contributed by atoms with van der Waals surface area (Å²) in [5.74, 6) is -1.91. The Labute approximate surface area is 206 Å². The van der Waals surface area contributed by atoms with Gasteiger partial charge >= 0.3 is 6.18 Å². The van der Waals surface area contributed by atoms with Crippen LogP contribution in [0.2, 0.25) is 15.1 Å². The van der Waals surface area contributed by atoms with E-state index in [9.17, 15) is 22.4 Å². The van der Waals surface area contributed by atoms with E-state index in [1.165, 1.54) is 31.2 Å². The molecule has 1 aromatic heterocycles. The number of carbonyl (C=O) groups excluding carboxylic acids is 1. The summed E-state index contributed by atoms with van der Waals surface area (Å²) in [5, 5.41) is 9.06. The summed E-state index contributed by atoms with van der Waals surface area (Å²) in [4.78, 5) is 17.0. The van der Waals surface area contributed by atoms with E-state index in [0.717, 1.165) is 16.8 Å². The smallest absolute Gasteiger partial charge is 0.325 e. The van der Waals surface area contributed by atoms with Crippen molar-refractivity contribution < 1.29 is 22.4 Å². The maximum Gasteiger partial charge on any atom is 0.435 e. The molecule has 2 N–H and O–H groups in total. The average Bonchev–Trinajstić information content (AvgIpc) is 3.02. The molecule has 0 aliphatic heterocycles. The number of alkyl halides is 3. The van der Waals surface area contributed by atoms with Gasteiger partial charge in [0.25, 0.3) is 5.91 Å². The van der Waals surface area contributed by atoms with Crippen LogP contribution in [0.25, 0.3) is 0 Å². The Morgan fingerprint density at radius 1 is 1.12 bits per heavy atom. The zero-order chi connectivity index (χ0) is 25.2. The minimum absolute atomic E-state index is 0.0227. The number of nitrogens with zero attached hydrogens (tertiary/aromatic N) is 3. The van der Waals surface area contributed by atoms with Crippen molar-refractivity contribution in [1.29, 1.82) is 0 Å². The molecule has 3 rings (SSSR count). The molecule has 0 atom stereocenters. The van der Waals surface area contributed by atoms with Gasteiger partial charge in [0.2, 0.25) is 5.96 Å². The lowest BCUT2D eigenvalue weighted by atomic mass is 10.2. The minimum atomic E-state index is -4.71. The number of anilines is 1. The highest BCUT2D eigenvalue weighted by Gasteiger charge is 2.37. The normalized spacial score (nSPS) is 12.1. The fourth-order valence-corrected chi connectivity index (χ4v) is 3.69. The van der Waals surface area contributed by atoms with E-state index in [1.54, 1.807) is 6.92 Å². The van der Waals surface area contributed by atoms with Crippen LogP contribution >= 0.6 is 34.8 Å². The van der Waals surface area contributed by atoms with E-state index in [2.05, 4.69) is 20.7 Å². The second-order valence-corrected chi connectivity index (χ2v) is 8.21. The Morgan fingerprint density at radius 2 is 1.82 bits per heavy atom. The summed E-state index contributed by atoms with van der Waals surface area (Å²) in [6.07, 6.45) is -4.71. The van der Waals surface area contributed by atoms with Crippen LogP contribution < -0.4 is 10.6 Å². The predicted octanol–water partition coefficient (Wildman–Crippen LogP) is 6.86. The van der Waals surface area contributed by atoms with Gasteiger partial charge in [-0.25, -0.2) is 9.07 Å². The molecule has 6 nitrogen and oxygen atoms in total. The summed E-state index contributed by atoms with van der Waals surface area (Å²) in [7, 11) is 0. The minimum Gasteiger partial charge on any atom is -0.325 e. The number of aliphatic imine (C=N–C) groups is 1. The highest BCUT2D eigenvalue weighted by Crippen LogP contribution is 2.35. The van der Waals surface area contributed by atoms with Crippen molar-refractivity contribution in [3.05, 3.63) is 74.1 Å². The van der Waals surface area contributed by atoms with Crippen molar-refractivity contribution in [2.24, 2.45) is 4.99 Å². The third kappa shape index (κ3) is 5.99. The number of hydrogen-bond acceptors (Lipinski definition) is 3. The van der Waals surface area contributed by atoms with Crippen LogP contribution in [0, 0.1) is 12.7 Å². The summed E-state index contributed by atoms with van der Waals surface area (Å²) >= 11 is 17.8. The van der Waals surface area contributed by atoms with Crippen molar-refractivity contribution in [1.82, 2.24) is 15.1 Å². The summed E-state index contributed by atoms with van der Waals surface area (Å²) in [6, 6.07) is 7.60. The number of carbonyl (C=O) groups is 1. The number of rotatable bonds is 4. The number of nitrogens with one attached hydrogen (secondary N) is 2. The fraction of sp³-hybridized carbons (Fsp3) is 0.190. The largest absolute Gasteiger partial charge is 0.435 e. The van der Waals surface area contributed by atoms with Crippen LogP contribution in [0.1, 0.15) is 28.5 Å². The lowest BCUT2D eigenvalue weighted by Gasteiger charge is -2.13. The van der Waals surface area contributed by atoms with Gasteiger partial charge in [-0.15, -0.1) is 0 Å². The zero-order valence-electron chi connectivity index (χ0n) is 17.6. The Balaban J connectivity index is 2.09. The van der Waals surface area contributed by atoms with Crippen molar-refractivity contribution >= 4 is 58.2 Å². The topological polar surface area (TPSA) is 71.3 Å². The molecule has 0 bridgehead atoms. The van der Waals surface area contributed by atoms with E-state index in [0.29, 0.717) is 5.02 Å². The number of halogens is 7. The average molecular weight is 537 g/mol. The molecule has 0 unspecified atom stereocenters. The van der Waals surface area contributed by atoms with Crippen molar-refractivity contribution in [3.8, 4) is 0 Å². The summed E-state index contributed by atoms with van der Waals surface area (Å²) < 4.78 is 55.0. The molecular formula is C21H16Cl3F4N5O. The monoisotopic (exact) mass is 535 g/mol. The first-order chi connectivity index (χ1) is 15.9. The molecule has 1 heterocycles. The van der Waals surface area contributed by atoms with Gasteiger partial charge in [-0.05, 0) is 50.2 Å². The molecule has 3 aromatic rings. The lowest BCUT2D eigenvalue weighted by Crippen LogP contribution is -2.36. The van der Waals surface area contributed by atoms with E-state index in [-0.39, 0.29) is 45.2 Å². The van der Waals surface area contributed by atoms with Crippen LogP contribution in [0.5, 0.6) is 0 Å². The van der Waals surface area contributed by atoms with Crippen LogP contribution in [0.15, 0.2) is 41.4 Å². The standard InChI is InChI=1S/C21H16Cl3F4N5O/c1-3-33-18(10(2)17(32-33)21(26,27)28)30-20(29-14-7-12(23)6-13(25)9-14)31-19(34)15-5-4-11(22)8-16(15)24/h4-9H,3H2,1-2H3,(H2,29,30,31,34). The first kappa shape index (κ1) is 25.8. The Bertz CT molecular complexity index is 1250. The summed E-state index contributed by atoms with van der Waals surface area (Å²) in [6.45, 7) is 2.85. The second kappa shape index (κ2) is 10.2. The molecule has 0 aliphatic carbocycles. The SMILES string of the molecule is CCn1nc(C(F)(F)F)c(C)c1N=C(NC(=O)c1ccc(Cl)cc1Cl)Nc1cc(F)cc(Cl)c1. The lowest BCUT2D eigenvalue weighted by molar-refractivity contribution is -0.141. The molecule has 0 spiro atoms. The van der Waals surface area contributed by atoms with Crippen molar-refractivity contribution in [2.75, 3.05) is 5.32 Å². The molecule has 34 heavy (non-hydrogen) atoms. The quantitative estimate of drug-likeness (QED) is 0.217. The first-order valence-corrected chi connectivity index (χ1v) is 10.7. The summed E-state index contributed by atoms with van der Waals surface area (Å²) in [5.41, 5.74) is -1.27.